The van der Waals surface area contributed by atoms with E-state index in [1.165, 1.54) is 12.8 Å². The highest BCUT2D eigenvalue weighted by molar-refractivity contribution is 5.33. The lowest BCUT2D eigenvalue weighted by Crippen LogP contribution is -2.04. The largest absolute Gasteiger partial charge is 0.368 e. The molecule has 12 heavy (non-hydrogen) atoms. The van der Waals surface area contributed by atoms with E-state index in [1.54, 1.807) is 4.68 Å². The molecular formula is C7H13N5. The highest BCUT2D eigenvalue weighted by Gasteiger charge is 2.22. The van der Waals surface area contributed by atoms with Gasteiger partial charge in [-0.05, 0) is 19.8 Å². The second kappa shape index (κ2) is 2.66. The summed E-state index contributed by atoms with van der Waals surface area (Å²) in [5, 5.41) is 7.37. The van der Waals surface area contributed by atoms with Crippen LogP contribution in [0.3, 0.4) is 0 Å². The van der Waals surface area contributed by atoms with Crippen molar-refractivity contribution in [3.05, 3.63) is 0 Å². The molecule has 0 aliphatic heterocycles. The van der Waals surface area contributed by atoms with E-state index in [0.29, 0.717) is 17.9 Å². The molecule has 0 amide bonds. The van der Waals surface area contributed by atoms with Gasteiger partial charge in [-0.2, -0.15) is 4.98 Å². The molecule has 0 radical (unpaired) electrons. The van der Waals surface area contributed by atoms with Crippen molar-refractivity contribution < 1.29 is 0 Å². The molecule has 1 heterocycles. The number of rotatable bonds is 3. The molecule has 5 heteroatoms. The first-order valence-electron chi connectivity index (χ1n) is 4.26. The van der Waals surface area contributed by atoms with Crippen molar-refractivity contribution in [2.24, 2.45) is 0 Å². The van der Waals surface area contributed by atoms with Crippen LogP contribution >= 0.6 is 0 Å². The average molecular weight is 167 g/mol. The number of nitrogens with two attached hydrogens (primary N) is 1. The van der Waals surface area contributed by atoms with Crippen molar-refractivity contribution in [3.8, 4) is 0 Å². The number of nitrogens with zero attached hydrogens (tertiary/aromatic N) is 3. The summed E-state index contributed by atoms with van der Waals surface area (Å²) >= 11 is 0. The second-order valence-corrected chi connectivity index (χ2v) is 3.03. The number of hydrogen-bond acceptors (Lipinski definition) is 4. The molecule has 66 valence electrons. The van der Waals surface area contributed by atoms with Crippen LogP contribution in [0, 0.1) is 0 Å². The maximum Gasteiger partial charge on any atom is 0.244 e. The molecule has 1 aliphatic rings. The van der Waals surface area contributed by atoms with Crippen molar-refractivity contribution in [1.29, 1.82) is 0 Å². The van der Waals surface area contributed by atoms with Crippen molar-refractivity contribution in [1.82, 2.24) is 14.8 Å². The second-order valence-electron chi connectivity index (χ2n) is 3.03. The van der Waals surface area contributed by atoms with Gasteiger partial charge in [0.2, 0.25) is 11.9 Å². The lowest BCUT2D eigenvalue weighted by Gasteiger charge is -1.95. The van der Waals surface area contributed by atoms with E-state index in [1.807, 2.05) is 6.92 Å². The predicted octanol–water partition coefficient (Wildman–Crippen LogP) is 0.454. The normalized spacial score (nSPS) is 16.4. The number of nitrogens with one attached hydrogen (secondary N) is 1. The summed E-state index contributed by atoms with van der Waals surface area (Å²) in [6.45, 7) is 2.76. The van der Waals surface area contributed by atoms with Crippen LogP contribution in [0.25, 0.3) is 0 Å². The van der Waals surface area contributed by atoms with Crippen LogP contribution in [0.1, 0.15) is 19.8 Å². The zero-order chi connectivity index (χ0) is 8.55. The van der Waals surface area contributed by atoms with Crippen LogP contribution in [0.5, 0.6) is 0 Å². The third kappa shape index (κ3) is 1.34. The van der Waals surface area contributed by atoms with Gasteiger partial charge < -0.3 is 11.1 Å². The molecule has 1 aromatic rings. The van der Waals surface area contributed by atoms with E-state index in [-0.39, 0.29) is 0 Å². The minimum Gasteiger partial charge on any atom is -0.368 e. The number of anilines is 2. The Kier molecular flexibility index (Phi) is 1.64. The monoisotopic (exact) mass is 167 g/mol. The standard InChI is InChI=1S/C7H13N5/c1-2-12-6(8)10-7(11-12)9-5-3-4-5/h5H,2-4H2,1H3,(H3,8,9,10,11). The van der Waals surface area contributed by atoms with Gasteiger partial charge in [-0.15, -0.1) is 5.10 Å². The van der Waals surface area contributed by atoms with Gasteiger partial charge in [0, 0.05) is 12.6 Å². The molecule has 1 saturated carbocycles. The van der Waals surface area contributed by atoms with E-state index in [0.717, 1.165) is 6.54 Å². The van der Waals surface area contributed by atoms with Gasteiger partial charge in [0.15, 0.2) is 0 Å². The maximum absolute atomic E-state index is 5.60. The van der Waals surface area contributed by atoms with Crippen LogP contribution in [0.4, 0.5) is 11.9 Å². The summed E-state index contributed by atoms with van der Waals surface area (Å²) in [5.41, 5.74) is 5.60. The first-order valence-corrected chi connectivity index (χ1v) is 4.26. The highest BCUT2D eigenvalue weighted by atomic mass is 15.4. The molecule has 1 aromatic heterocycles. The summed E-state index contributed by atoms with van der Waals surface area (Å²) in [7, 11) is 0. The summed E-state index contributed by atoms with van der Waals surface area (Å²) in [4.78, 5) is 4.08. The van der Waals surface area contributed by atoms with Gasteiger partial charge >= 0.3 is 0 Å². The quantitative estimate of drug-likeness (QED) is 0.686. The van der Waals surface area contributed by atoms with Crippen molar-refractivity contribution >= 4 is 11.9 Å². The van der Waals surface area contributed by atoms with E-state index in [9.17, 15) is 0 Å². The lowest BCUT2D eigenvalue weighted by atomic mass is 10.7. The first-order chi connectivity index (χ1) is 5.79. The molecule has 0 unspecified atom stereocenters. The molecule has 0 bridgehead atoms. The molecule has 0 atom stereocenters. The number of nitrogen functional groups attached to an aromatic ring is 1. The summed E-state index contributed by atoms with van der Waals surface area (Å²) in [6.07, 6.45) is 2.45. The van der Waals surface area contributed by atoms with Gasteiger partial charge in [-0.3, -0.25) is 0 Å². The molecule has 0 spiro atoms. The Morgan fingerprint density at radius 1 is 1.67 bits per heavy atom. The third-order valence-corrected chi connectivity index (χ3v) is 1.91. The van der Waals surface area contributed by atoms with Crippen LogP contribution < -0.4 is 11.1 Å². The van der Waals surface area contributed by atoms with Crippen molar-refractivity contribution in [3.63, 3.8) is 0 Å². The predicted molar refractivity (Wildman–Crippen MR) is 46.8 cm³/mol. The van der Waals surface area contributed by atoms with Gasteiger partial charge in [0.05, 0.1) is 0 Å². The van der Waals surface area contributed by atoms with E-state index in [2.05, 4.69) is 15.4 Å². The van der Waals surface area contributed by atoms with Crippen molar-refractivity contribution in [2.75, 3.05) is 11.1 Å². The summed E-state index contributed by atoms with van der Waals surface area (Å²) in [6, 6.07) is 0.581. The van der Waals surface area contributed by atoms with Crippen LogP contribution in [-0.4, -0.2) is 20.8 Å². The van der Waals surface area contributed by atoms with Gasteiger partial charge in [0.25, 0.3) is 0 Å². The average Bonchev–Trinajstić information content (AvgIpc) is 2.76. The Bertz CT molecular complexity index is 275. The van der Waals surface area contributed by atoms with Gasteiger partial charge in [-0.1, -0.05) is 0 Å². The van der Waals surface area contributed by atoms with Crippen molar-refractivity contribution in [2.45, 2.75) is 32.4 Å². The van der Waals surface area contributed by atoms with Crippen LogP contribution in [0.2, 0.25) is 0 Å². The topological polar surface area (TPSA) is 68.8 Å². The minimum atomic E-state index is 0.487. The molecule has 0 aromatic carbocycles. The molecule has 5 nitrogen and oxygen atoms in total. The summed E-state index contributed by atoms with van der Waals surface area (Å²) < 4.78 is 1.69. The Hall–Kier alpha value is -1.26. The number of aryl methyl sites for hydroxylation is 1. The van der Waals surface area contributed by atoms with E-state index in [4.69, 9.17) is 5.73 Å². The van der Waals surface area contributed by atoms with E-state index >= 15 is 0 Å². The third-order valence-electron chi connectivity index (χ3n) is 1.91. The molecule has 0 saturated heterocycles. The van der Waals surface area contributed by atoms with Crippen LogP contribution in [0.15, 0.2) is 0 Å². The minimum absolute atomic E-state index is 0.487. The zero-order valence-corrected chi connectivity index (χ0v) is 7.12. The fourth-order valence-corrected chi connectivity index (χ4v) is 1.06. The fraction of sp³-hybridized carbons (Fsp3) is 0.714. The Labute approximate surface area is 71.0 Å². The van der Waals surface area contributed by atoms with Crippen LogP contribution in [-0.2, 0) is 6.54 Å². The fourth-order valence-electron chi connectivity index (χ4n) is 1.06. The highest BCUT2D eigenvalue weighted by Crippen LogP contribution is 2.23. The SMILES string of the molecule is CCn1nc(NC2CC2)nc1N. The van der Waals surface area contributed by atoms with E-state index < -0.39 is 0 Å². The first kappa shape index (κ1) is 7.39. The molecule has 1 aliphatic carbocycles. The molecule has 2 rings (SSSR count). The lowest BCUT2D eigenvalue weighted by molar-refractivity contribution is 0.670. The Morgan fingerprint density at radius 2 is 2.42 bits per heavy atom. The Balaban J connectivity index is 2.10. The Morgan fingerprint density at radius 3 is 2.92 bits per heavy atom. The molecular weight excluding hydrogens is 154 g/mol. The molecule has 3 N–H and O–H groups in total. The zero-order valence-electron chi connectivity index (χ0n) is 7.12. The smallest absolute Gasteiger partial charge is 0.244 e. The maximum atomic E-state index is 5.60. The number of hydrogen-bond donors (Lipinski definition) is 2. The summed E-state index contributed by atoms with van der Waals surface area (Å²) in [5.74, 6) is 1.15. The number of aromatic nitrogens is 3. The van der Waals surface area contributed by atoms with Gasteiger partial charge in [0.1, 0.15) is 0 Å². The van der Waals surface area contributed by atoms with Gasteiger partial charge in [-0.25, -0.2) is 4.68 Å². The molecule has 1 fully saturated rings.